The number of halogens is 1. The molecule has 108 heavy (non-hydrogen) atoms. The minimum absolute atomic E-state index is 0.0144. The van der Waals surface area contributed by atoms with Crippen molar-refractivity contribution in [3.63, 3.8) is 0 Å². The van der Waals surface area contributed by atoms with Gasteiger partial charge in [0.15, 0.2) is 0 Å². The Bertz CT molecular complexity index is 4980. The molecule has 0 saturated carbocycles. The summed E-state index contributed by atoms with van der Waals surface area (Å²) in [7, 11) is -16.4. The highest BCUT2D eigenvalue weighted by atomic mass is 35.5. The summed E-state index contributed by atoms with van der Waals surface area (Å²) in [5, 5.41) is 34.6. The lowest BCUT2D eigenvalue weighted by molar-refractivity contribution is -0.0447. The monoisotopic (exact) mass is 1720 g/mol. The second kappa shape index (κ2) is 37.2. The fourth-order valence-corrected chi connectivity index (χ4v) is 23.0. The molecule has 5 fully saturated rings. The second-order valence-corrected chi connectivity index (χ2v) is 39.6. The van der Waals surface area contributed by atoms with E-state index >= 15 is 0 Å². The van der Waals surface area contributed by atoms with Gasteiger partial charge in [0.05, 0.1) is 67.2 Å². The van der Waals surface area contributed by atoms with Gasteiger partial charge in [-0.1, -0.05) is 89.8 Å². The number of H-pyrrole nitrogens is 1. The van der Waals surface area contributed by atoms with E-state index in [-0.39, 0.29) is 54.5 Å². The molecule has 0 amide bonds. The van der Waals surface area contributed by atoms with Crippen LogP contribution >= 0.6 is 128 Å². The van der Waals surface area contributed by atoms with Crippen molar-refractivity contribution in [3.8, 4) is 0 Å². The van der Waals surface area contributed by atoms with Gasteiger partial charge in [0.2, 0.25) is 0 Å². The highest BCUT2D eigenvalue weighted by molar-refractivity contribution is 7.72. The van der Waals surface area contributed by atoms with Crippen LogP contribution in [0.1, 0.15) is 142 Å². The van der Waals surface area contributed by atoms with Crippen molar-refractivity contribution in [2.75, 3.05) is 13.2 Å². The van der Waals surface area contributed by atoms with E-state index in [4.69, 9.17) is 91.7 Å². The molecule has 0 radical (unpaired) electrons. The van der Waals surface area contributed by atoms with E-state index in [0.29, 0.717) is 41.0 Å². The molecule has 5 aliphatic rings. The number of aryl methyl sites for hydroxylation is 5. The number of rotatable bonds is 15. The van der Waals surface area contributed by atoms with Gasteiger partial charge in [-0.15, -0.1) is 56.7 Å². The maximum atomic E-state index is 12.5. The van der Waals surface area contributed by atoms with Gasteiger partial charge < -0.3 is 77.3 Å². The van der Waals surface area contributed by atoms with Crippen molar-refractivity contribution in [2.24, 2.45) is 17.8 Å². The van der Waals surface area contributed by atoms with Crippen molar-refractivity contribution in [1.29, 1.82) is 0 Å². The minimum atomic E-state index is -5.62. The topological polar surface area (TPSA) is 336 Å². The van der Waals surface area contributed by atoms with E-state index in [2.05, 4.69) is 109 Å². The number of ether oxygens (including phenoxy) is 5. The Labute approximate surface area is 664 Å². The second-order valence-electron chi connectivity index (χ2n) is 27.3. The van der Waals surface area contributed by atoms with Crippen LogP contribution in [-0.4, -0.2) is 120 Å². The van der Waals surface area contributed by atoms with Crippen molar-refractivity contribution in [2.45, 2.75) is 201 Å². The smallest absolute Gasteiger partial charge is 0.394 e. The lowest BCUT2D eigenvalue weighted by Gasteiger charge is -2.19. The SMILES string of the molecule is CC[C@H]1O[C@@H](Cl)C[C@H]1C.CC[C@H]1O[C@@H](n2ccc3cc(C)sc3c2=O)C[C@H]1C.CC[C@H]1O[C@@H](n2ccc3cc(C)sc3c2=S)C[C@H]1C.Cc1cc2cc[nH]c(=O)c2s1.Cc1cc2ccn([C@H]3C[C@@H](O)[C@@H](CO)O3)c(=S)c2s1.Cc1cc2ccn([C@H]3C[C@@H](O)[C@@H](COP(=O)(O)OP(=O)(O)OP(=O)(O)O)O3)c(=S)c2s1. The zero-order valence-corrected chi connectivity index (χ0v) is 71.1. The first-order valence-corrected chi connectivity index (χ1v) is 45.4. The molecular formula is C71H91ClN5O20P3S8. The summed E-state index contributed by atoms with van der Waals surface area (Å²) >= 11 is 30.5. The summed E-state index contributed by atoms with van der Waals surface area (Å²) in [6.45, 7) is 22.4. The number of thiophene rings is 5. The number of alkyl halides is 1. The average molecular weight is 1720 g/mol. The van der Waals surface area contributed by atoms with Gasteiger partial charge >= 0.3 is 23.5 Å². The highest BCUT2D eigenvalue weighted by Crippen LogP contribution is 2.66. The average Bonchev–Trinajstić information content (AvgIpc) is 1.64. The van der Waals surface area contributed by atoms with Crippen LogP contribution < -0.4 is 11.1 Å². The molecule has 37 heteroatoms. The molecule has 0 bridgehead atoms. The number of pyridine rings is 5. The Kier molecular flexibility index (Phi) is 29.8. The van der Waals surface area contributed by atoms with Crippen LogP contribution in [0.25, 0.3) is 50.4 Å². The lowest BCUT2D eigenvalue weighted by atomic mass is 10.0. The number of nitrogens with one attached hydrogen (secondary N) is 1. The predicted molar refractivity (Wildman–Crippen MR) is 435 cm³/mol. The fourth-order valence-electron chi connectivity index (χ4n) is 13.7. The zero-order valence-electron chi connectivity index (χ0n) is 61.1. The number of phosphoric acid groups is 3. The van der Waals surface area contributed by atoms with E-state index in [0.717, 1.165) is 93.0 Å². The summed E-state index contributed by atoms with van der Waals surface area (Å²) in [6, 6.07) is 20.3. The van der Waals surface area contributed by atoms with Crippen LogP contribution in [0, 0.1) is 66.3 Å². The molecule has 590 valence electrons. The van der Waals surface area contributed by atoms with Gasteiger partial charge in [-0.05, 0) is 178 Å². The third-order valence-corrected chi connectivity index (χ3v) is 30.0. The number of aliphatic hydroxyl groups excluding tert-OH is 3. The van der Waals surface area contributed by atoms with Gasteiger partial charge in [0.1, 0.15) is 56.6 Å². The molecule has 0 aromatic carbocycles. The van der Waals surface area contributed by atoms with Crippen LogP contribution in [0.2, 0.25) is 0 Å². The summed E-state index contributed by atoms with van der Waals surface area (Å²) in [5.41, 5.74) is 0.0788. The van der Waals surface area contributed by atoms with Crippen LogP contribution in [0.3, 0.4) is 0 Å². The maximum absolute atomic E-state index is 12.5. The molecule has 0 spiro atoms. The molecule has 25 nitrogen and oxygen atoms in total. The Morgan fingerprint density at radius 2 is 0.843 bits per heavy atom. The lowest BCUT2D eigenvalue weighted by Crippen LogP contribution is -2.26. The summed E-state index contributed by atoms with van der Waals surface area (Å²) < 4.78 is 88.8. The third-order valence-electron chi connectivity index (χ3n) is 18.9. The fraction of sp³-hybridized carbons (Fsp3) is 0.507. The van der Waals surface area contributed by atoms with Gasteiger partial charge in [-0.3, -0.25) is 18.7 Å². The first-order valence-electron chi connectivity index (χ1n) is 35.2. The van der Waals surface area contributed by atoms with Crippen LogP contribution in [-0.2, 0) is 50.5 Å². The normalized spacial score (nSPS) is 26.6. The minimum Gasteiger partial charge on any atom is -0.394 e. The molecule has 15 heterocycles. The van der Waals surface area contributed by atoms with Crippen molar-refractivity contribution < 1.29 is 85.4 Å². The van der Waals surface area contributed by atoms with Gasteiger partial charge in [-0.25, -0.2) is 13.7 Å². The van der Waals surface area contributed by atoms with Crippen LogP contribution in [0.5, 0.6) is 0 Å². The molecule has 5 saturated heterocycles. The molecule has 5 aliphatic heterocycles. The highest BCUT2D eigenvalue weighted by Gasteiger charge is 2.44. The first-order chi connectivity index (χ1) is 51.0. The maximum Gasteiger partial charge on any atom is 0.490 e. The summed E-state index contributed by atoms with van der Waals surface area (Å²) in [5.74, 6) is 1.78. The van der Waals surface area contributed by atoms with Crippen LogP contribution in [0.15, 0.2) is 101 Å². The molecule has 10 aromatic heterocycles. The number of aromatic nitrogens is 5. The van der Waals surface area contributed by atoms with Crippen LogP contribution in [0.4, 0.5) is 0 Å². The molecule has 2 unspecified atom stereocenters. The van der Waals surface area contributed by atoms with Crippen molar-refractivity contribution in [3.05, 3.63) is 151 Å². The number of phosphoric ester groups is 1. The Morgan fingerprint density at radius 3 is 1.22 bits per heavy atom. The Morgan fingerprint density at radius 1 is 0.491 bits per heavy atom. The Balaban J connectivity index is 0.000000144. The van der Waals surface area contributed by atoms with E-state index in [1.807, 2.05) is 74.1 Å². The zero-order chi connectivity index (χ0) is 78.6. The van der Waals surface area contributed by atoms with Gasteiger partial charge in [0.25, 0.3) is 11.1 Å². The van der Waals surface area contributed by atoms with E-state index in [1.54, 1.807) is 55.5 Å². The quantitative estimate of drug-likeness (QED) is 0.0268. The predicted octanol–water partition coefficient (Wildman–Crippen LogP) is 18.2. The number of fused-ring (bicyclic) bond motifs is 5. The number of hydrogen-bond donors (Lipinski definition) is 8. The van der Waals surface area contributed by atoms with Gasteiger partial charge in [-0.2, -0.15) is 8.62 Å². The number of hydrogen-bond acceptors (Lipinski definition) is 24. The molecule has 0 aliphatic carbocycles. The largest absolute Gasteiger partial charge is 0.490 e. The van der Waals surface area contributed by atoms with Crippen molar-refractivity contribution in [1.82, 2.24) is 23.3 Å². The van der Waals surface area contributed by atoms with E-state index < -0.39 is 60.7 Å². The summed E-state index contributed by atoms with van der Waals surface area (Å²) in [6.07, 6.45) is 12.6. The number of aromatic amines is 1. The summed E-state index contributed by atoms with van der Waals surface area (Å²) in [4.78, 5) is 68.0. The molecule has 10 aromatic rings. The Hall–Kier alpha value is -3.81. The standard InChI is InChI=1S/C15H19NO2S.C15H19NOS2.C13H18NO12P3S2.C13H15NO3S2.C8H7NOS.C7H13ClO/c1-4-12-9(2)7-13(18-12)16-6-5-11-8-10(3)19-14(11)15(16)17;1-4-12-9(2)7-13(17-12)16-6-5-11-8-10(3)19-14(11)15(16)18;1-7-4-8-2-3-14(13(30)12(8)31-7)11-5-9(15)10(24-11)6-23-28(19,20)26-29(21,22)25-27(16,17)18;1-7-4-8-2-3-14(13(18)12(8)19-7)11-5-9(16)10(6-15)17-11;1-5-4-6-2-3-9-8(10)7(6)11-5;1-3-6-5(2)4-7(8)9-6/h2*5-6,8-9,12-13H,4,7H2,1-3H3;2-4,9-11,15H,5-6H2,1H3,(H,19,20)(H,21,22)(H2,16,17,18);2-4,9-11,15-16H,5-6H2,1H3;2-4H,1H3,(H,9,10);5-7H,3-4H2,1-2H3/t2*9-,12-,13-;2*9-,10-,11-;;5-,6-,7-/m1111.1/s1. The molecule has 15 rings (SSSR count). The molecule has 17 atom stereocenters. The molecule has 8 N–H and O–H groups in total. The van der Waals surface area contributed by atoms with Gasteiger partial charge in [0, 0.05) is 68.2 Å². The van der Waals surface area contributed by atoms with Crippen molar-refractivity contribution >= 4 is 179 Å². The molecular weight excluding hydrogens is 1630 g/mol. The number of aliphatic hydroxyl groups is 3. The number of nitrogens with zero attached hydrogens (tertiary/aromatic N) is 4. The first kappa shape index (κ1) is 86.6. The van der Waals surface area contributed by atoms with E-state index in [9.17, 15) is 38.4 Å². The third kappa shape index (κ3) is 21.6. The van der Waals surface area contributed by atoms with E-state index in [1.165, 1.54) is 52.3 Å².